The minimum atomic E-state index is -1.43. The molecule has 1 amide bonds. The summed E-state index contributed by atoms with van der Waals surface area (Å²) in [5.74, 6) is 0. The standard InChI is InChI=1S/C21H24N4O6/c22-25-23-11-16-18(26)19(27)17(20(31-16)29-12-14-7-3-1-4-8-14)24-21(28)30-13-15-9-5-2-6-10-15/h1-10,16-20,26-27H,11-13H2,(H,24,28)/t16-,17-,18-,19-,20+/m1/s1. The molecule has 1 aliphatic rings. The Bertz CT molecular complexity index is 878. The SMILES string of the molecule is [N-]=[N+]=NC[C@H]1O[C@H](OCc2ccccc2)[C@H](NC(=O)OCc2ccccc2)[C@@H](O)[C@@H]1O. The number of azide groups is 1. The summed E-state index contributed by atoms with van der Waals surface area (Å²) in [4.78, 5) is 15.0. The molecular weight excluding hydrogens is 404 g/mol. The van der Waals surface area contributed by atoms with Crippen molar-refractivity contribution < 1.29 is 29.2 Å². The van der Waals surface area contributed by atoms with E-state index in [0.717, 1.165) is 11.1 Å². The fourth-order valence-electron chi connectivity index (χ4n) is 3.15. The van der Waals surface area contributed by atoms with Gasteiger partial charge in [-0.25, -0.2) is 4.79 Å². The van der Waals surface area contributed by atoms with Crippen LogP contribution in [0.5, 0.6) is 0 Å². The Morgan fingerprint density at radius 2 is 1.65 bits per heavy atom. The lowest BCUT2D eigenvalue weighted by atomic mass is 9.97. The highest BCUT2D eigenvalue weighted by Gasteiger charge is 2.45. The molecule has 0 bridgehead atoms. The van der Waals surface area contributed by atoms with E-state index >= 15 is 0 Å². The van der Waals surface area contributed by atoms with Gasteiger partial charge in [0, 0.05) is 4.91 Å². The maximum atomic E-state index is 12.3. The lowest BCUT2D eigenvalue weighted by molar-refractivity contribution is -0.264. The molecule has 0 radical (unpaired) electrons. The molecule has 3 N–H and O–H groups in total. The quantitative estimate of drug-likeness (QED) is 0.334. The normalized spacial score (nSPS) is 25.3. The topological polar surface area (TPSA) is 146 Å². The summed E-state index contributed by atoms with van der Waals surface area (Å²) in [6, 6.07) is 17.3. The molecule has 164 valence electrons. The molecule has 1 fully saturated rings. The predicted octanol–water partition coefficient (Wildman–Crippen LogP) is 2.26. The van der Waals surface area contributed by atoms with Gasteiger partial charge in [0.1, 0.15) is 24.9 Å². The summed E-state index contributed by atoms with van der Waals surface area (Å²) < 4.78 is 16.7. The second-order valence-corrected chi connectivity index (χ2v) is 6.97. The molecule has 0 aromatic heterocycles. The van der Waals surface area contributed by atoms with Gasteiger partial charge in [0.15, 0.2) is 6.29 Å². The van der Waals surface area contributed by atoms with Gasteiger partial charge in [-0.15, -0.1) is 0 Å². The van der Waals surface area contributed by atoms with Crippen molar-refractivity contribution in [3.05, 3.63) is 82.2 Å². The van der Waals surface area contributed by atoms with E-state index in [9.17, 15) is 15.0 Å². The number of amides is 1. The van der Waals surface area contributed by atoms with Crippen LogP contribution >= 0.6 is 0 Å². The Morgan fingerprint density at radius 3 is 2.26 bits per heavy atom. The Morgan fingerprint density at radius 1 is 1.03 bits per heavy atom. The van der Waals surface area contributed by atoms with Gasteiger partial charge in [-0.3, -0.25) is 0 Å². The number of carbonyl (C=O) groups excluding carboxylic acids is 1. The molecule has 0 spiro atoms. The minimum absolute atomic E-state index is 0.0357. The number of aliphatic hydroxyl groups excluding tert-OH is 2. The Labute approximate surface area is 179 Å². The van der Waals surface area contributed by atoms with Crippen LogP contribution in [0.4, 0.5) is 4.79 Å². The van der Waals surface area contributed by atoms with Crippen LogP contribution in [-0.2, 0) is 27.4 Å². The molecule has 3 rings (SSSR count). The van der Waals surface area contributed by atoms with E-state index in [2.05, 4.69) is 15.3 Å². The first kappa shape index (κ1) is 22.5. The smallest absolute Gasteiger partial charge is 0.407 e. The number of nitrogens with zero attached hydrogens (tertiary/aromatic N) is 3. The Balaban J connectivity index is 1.66. The van der Waals surface area contributed by atoms with Crippen molar-refractivity contribution in [1.29, 1.82) is 0 Å². The molecule has 0 unspecified atom stereocenters. The summed E-state index contributed by atoms with van der Waals surface area (Å²) in [5, 5.41) is 26.9. The zero-order valence-electron chi connectivity index (χ0n) is 16.7. The zero-order chi connectivity index (χ0) is 22.1. The lowest BCUT2D eigenvalue weighted by Gasteiger charge is -2.42. The molecule has 1 aliphatic heterocycles. The molecule has 0 saturated carbocycles. The van der Waals surface area contributed by atoms with E-state index in [0.29, 0.717) is 0 Å². The van der Waals surface area contributed by atoms with Crippen molar-refractivity contribution in [2.75, 3.05) is 6.54 Å². The van der Waals surface area contributed by atoms with Crippen molar-refractivity contribution >= 4 is 6.09 Å². The molecular formula is C21H24N4O6. The maximum absolute atomic E-state index is 12.3. The van der Waals surface area contributed by atoms with Gasteiger partial charge in [0.2, 0.25) is 0 Å². The highest BCUT2D eigenvalue weighted by molar-refractivity contribution is 5.67. The first-order valence-corrected chi connectivity index (χ1v) is 9.73. The lowest BCUT2D eigenvalue weighted by Crippen LogP contribution is -2.64. The average molecular weight is 428 g/mol. The number of aliphatic hydroxyl groups is 2. The van der Waals surface area contributed by atoms with Crippen LogP contribution in [0.25, 0.3) is 10.4 Å². The summed E-state index contributed by atoms with van der Waals surface area (Å²) in [7, 11) is 0. The average Bonchev–Trinajstić information content (AvgIpc) is 2.81. The number of hydrogen-bond donors (Lipinski definition) is 3. The van der Waals surface area contributed by atoms with E-state index in [-0.39, 0.29) is 19.8 Å². The van der Waals surface area contributed by atoms with Gasteiger partial charge < -0.3 is 29.7 Å². The molecule has 5 atom stereocenters. The first-order chi connectivity index (χ1) is 15.1. The number of nitrogens with one attached hydrogen (secondary N) is 1. The summed E-state index contributed by atoms with van der Waals surface area (Å²) in [5.41, 5.74) is 10.2. The first-order valence-electron chi connectivity index (χ1n) is 9.73. The van der Waals surface area contributed by atoms with Crippen LogP contribution in [0.3, 0.4) is 0 Å². The van der Waals surface area contributed by atoms with Crippen LogP contribution in [0.2, 0.25) is 0 Å². The van der Waals surface area contributed by atoms with E-state index in [4.69, 9.17) is 19.7 Å². The van der Waals surface area contributed by atoms with Crippen LogP contribution in [-0.4, -0.2) is 53.5 Å². The molecule has 2 aromatic rings. The van der Waals surface area contributed by atoms with Crippen LogP contribution in [0.15, 0.2) is 65.8 Å². The van der Waals surface area contributed by atoms with Crippen LogP contribution < -0.4 is 5.32 Å². The third-order valence-corrected chi connectivity index (χ3v) is 4.78. The largest absolute Gasteiger partial charge is 0.445 e. The van der Waals surface area contributed by atoms with E-state index in [1.807, 2.05) is 60.7 Å². The molecule has 10 nitrogen and oxygen atoms in total. The van der Waals surface area contributed by atoms with Crippen molar-refractivity contribution in [1.82, 2.24) is 5.32 Å². The molecule has 0 aliphatic carbocycles. The number of ether oxygens (including phenoxy) is 3. The Kier molecular flexibility index (Phi) is 8.22. The third kappa shape index (κ3) is 6.42. The van der Waals surface area contributed by atoms with Crippen molar-refractivity contribution in [2.24, 2.45) is 5.11 Å². The van der Waals surface area contributed by atoms with Gasteiger partial charge in [0.25, 0.3) is 0 Å². The predicted molar refractivity (Wildman–Crippen MR) is 109 cm³/mol. The van der Waals surface area contributed by atoms with Gasteiger partial charge >= 0.3 is 6.09 Å². The van der Waals surface area contributed by atoms with Crippen molar-refractivity contribution in [3.8, 4) is 0 Å². The van der Waals surface area contributed by atoms with Gasteiger partial charge in [0.05, 0.1) is 19.3 Å². The van der Waals surface area contributed by atoms with Gasteiger partial charge in [-0.05, 0) is 16.7 Å². The number of carbonyl (C=O) groups is 1. The van der Waals surface area contributed by atoms with Crippen LogP contribution in [0.1, 0.15) is 11.1 Å². The number of rotatable bonds is 8. The highest BCUT2D eigenvalue weighted by atomic mass is 16.7. The fourth-order valence-corrected chi connectivity index (χ4v) is 3.15. The van der Waals surface area contributed by atoms with Gasteiger partial charge in [-0.1, -0.05) is 65.8 Å². The van der Waals surface area contributed by atoms with Crippen molar-refractivity contribution in [3.63, 3.8) is 0 Å². The zero-order valence-corrected chi connectivity index (χ0v) is 16.7. The minimum Gasteiger partial charge on any atom is -0.445 e. The molecule has 1 saturated heterocycles. The second-order valence-electron chi connectivity index (χ2n) is 6.97. The Hall–Kier alpha value is -3.14. The number of hydrogen-bond acceptors (Lipinski definition) is 7. The monoisotopic (exact) mass is 428 g/mol. The summed E-state index contributed by atoms with van der Waals surface area (Å²) in [6.45, 7) is -0.0289. The number of alkyl carbamates (subject to hydrolysis) is 1. The van der Waals surface area contributed by atoms with E-state index in [1.165, 1.54) is 0 Å². The fraction of sp³-hybridized carbons (Fsp3) is 0.381. The third-order valence-electron chi connectivity index (χ3n) is 4.78. The van der Waals surface area contributed by atoms with E-state index in [1.54, 1.807) is 0 Å². The molecule has 2 aromatic carbocycles. The van der Waals surface area contributed by atoms with Crippen LogP contribution in [0, 0.1) is 0 Å². The molecule has 1 heterocycles. The highest BCUT2D eigenvalue weighted by Crippen LogP contribution is 2.24. The molecule has 10 heteroatoms. The van der Waals surface area contributed by atoms with Gasteiger partial charge in [-0.2, -0.15) is 0 Å². The summed E-state index contributed by atoms with van der Waals surface area (Å²) in [6.07, 6.45) is -5.74. The summed E-state index contributed by atoms with van der Waals surface area (Å²) >= 11 is 0. The maximum Gasteiger partial charge on any atom is 0.407 e. The van der Waals surface area contributed by atoms with E-state index < -0.39 is 36.7 Å². The van der Waals surface area contributed by atoms with Crippen molar-refractivity contribution in [2.45, 2.75) is 43.9 Å². The second kappa shape index (κ2) is 11.3. The number of benzene rings is 2. The molecule has 31 heavy (non-hydrogen) atoms.